The van der Waals surface area contributed by atoms with Crippen LogP contribution in [0.2, 0.25) is 0 Å². The molecule has 0 amide bonds. The molecule has 1 aromatic carbocycles. The maximum Gasteiger partial charge on any atom is 0.273 e. The Hall–Kier alpha value is -2.08. The average molecular weight is 305 g/mol. The van der Waals surface area contributed by atoms with E-state index in [0.717, 1.165) is 31.0 Å². The van der Waals surface area contributed by atoms with Gasteiger partial charge in [-0.05, 0) is 31.4 Å². The van der Waals surface area contributed by atoms with Crippen LogP contribution >= 0.6 is 11.3 Å². The molecule has 21 heavy (non-hydrogen) atoms. The highest BCUT2D eigenvalue weighted by Gasteiger charge is 2.14. The van der Waals surface area contributed by atoms with Gasteiger partial charge in [0.1, 0.15) is 0 Å². The molecule has 6 heteroatoms. The van der Waals surface area contributed by atoms with Crippen molar-refractivity contribution in [3.8, 4) is 0 Å². The Morgan fingerprint density at radius 3 is 2.71 bits per heavy atom. The van der Waals surface area contributed by atoms with Crippen molar-refractivity contribution in [3.05, 3.63) is 50.7 Å². The fourth-order valence-electron chi connectivity index (χ4n) is 2.17. The second-order valence-corrected chi connectivity index (χ2v) is 5.65. The van der Waals surface area contributed by atoms with Crippen molar-refractivity contribution in [1.82, 2.24) is 0 Å². The number of nitro benzene ring substituents is 1. The van der Waals surface area contributed by atoms with E-state index in [2.05, 4.69) is 23.2 Å². The van der Waals surface area contributed by atoms with Gasteiger partial charge in [-0.15, -0.1) is 11.3 Å². The number of nitro groups is 1. The van der Waals surface area contributed by atoms with Crippen LogP contribution in [0.4, 0.5) is 17.1 Å². The van der Waals surface area contributed by atoms with E-state index < -0.39 is 0 Å². The molecule has 0 aliphatic carbocycles. The summed E-state index contributed by atoms with van der Waals surface area (Å²) in [6, 6.07) is 9.28. The fraction of sp³-hybridized carbons (Fsp3) is 0.333. The second kappa shape index (κ2) is 7.08. The van der Waals surface area contributed by atoms with E-state index in [-0.39, 0.29) is 10.6 Å². The van der Waals surface area contributed by atoms with Crippen LogP contribution in [0.3, 0.4) is 0 Å². The minimum absolute atomic E-state index is 0.119. The lowest BCUT2D eigenvalue weighted by Crippen LogP contribution is -2.21. The average Bonchev–Trinajstić information content (AvgIpc) is 2.97. The molecule has 0 bridgehead atoms. The van der Waals surface area contributed by atoms with Gasteiger partial charge >= 0.3 is 0 Å². The molecule has 0 aliphatic heterocycles. The molecule has 0 saturated heterocycles. The van der Waals surface area contributed by atoms with Gasteiger partial charge in [-0.1, -0.05) is 6.07 Å². The van der Waals surface area contributed by atoms with Gasteiger partial charge in [0, 0.05) is 41.5 Å². The number of benzene rings is 1. The van der Waals surface area contributed by atoms with Crippen molar-refractivity contribution in [1.29, 1.82) is 0 Å². The normalized spacial score (nSPS) is 10.4. The molecule has 0 aliphatic rings. The van der Waals surface area contributed by atoms with E-state index >= 15 is 0 Å². The zero-order chi connectivity index (χ0) is 15.2. The third kappa shape index (κ3) is 3.95. The lowest BCUT2D eigenvalue weighted by Gasteiger charge is -2.23. The van der Waals surface area contributed by atoms with Crippen LogP contribution in [0.1, 0.15) is 18.7 Å². The zero-order valence-corrected chi connectivity index (χ0v) is 13.0. The third-order valence-corrected chi connectivity index (χ3v) is 4.03. The lowest BCUT2D eigenvalue weighted by atomic mass is 10.2. The summed E-state index contributed by atoms with van der Waals surface area (Å²) >= 11 is 1.70. The smallest absolute Gasteiger partial charge is 0.273 e. The molecule has 1 aromatic heterocycles. The highest BCUT2D eigenvalue weighted by molar-refractivity contribution is 7.09. The van der Waals surface area contributed by atoms with Crippen molar-refractivity contribution in [2.45, 2.75) is 20.4 Å². The summed E-state index contributed by atoms with van der Waals surface area (Å²) in [6.45, 7) is 6.32. The molecular weight excluding hydrogens is 286 g/mol. The van der Waals surface area contributed by atoms with Crippen LogP contribution in [0.5, 0.6) is 0 Å². The Morgan fingerprint density at radius 2 is 2.14 bits per heavy atom. The van der Waals surface area contributed by atoms with Crippen LogP contribution in [-0.4, -0.2) is 18.0 Å². The molecule has 1 N–H and O–H groups in total. The summed E-state index contributed by atoms with van der Waals surface area (Å²) in [4.78, 5) is 14.1. The Morgan fingerprint density at radius 1 is 1.33 bits per heavy atom. The summed E-state index contributed by atoms with van der Waals surface area (Å²) in [5, 5.41) is 16.3. The first kappa shape index (κ1) is 15.3. The Balaban J connectivity index is 2.32. The van der Waals surface area contributed by atoms with E-state index in [1.165, 1.54) is 4.88 Å². The van der Waals surface area contributed by atoms with Crippen molar-refractivity contribution >= 4 is 28.4 Å². The maximum atomic E-state index is 11.1. The van der Waals surface area contributed by atoms with Gasteiger partial charge in [-0.25, -0.2) is 0 Å². The van der Waals surface area contributed by atoms with Crippen molar-refractivity contribution in [3.63, 3.8) is 0 Å². The molecule has 1 heterocycles. The Kier molecular flexibility index (Phi) is 5.16. The molecule has 2 aromatic rings. The molecule has 0 atom stereocenters. The van der Waals surface area contributed by atoms with Crippen LogP contribution in [-0.2, 0) is 6.54 Å². The summed E-state index contributed by atoms with van der Waals surface area (Å²) < 4.78 is 0. The lowest BCUT2D eigenvalue weighted by molar-refractivity contribution is -0.384. The van der Waals surface area contributed by atoms with Gasteiger partial charge in [0.25, 0.3) is 5.69 Å². The molecule has 0 radical (unpaired) electrons. The summed E-state index contributed by atoms with van der Waals surface area (Å²) in [5.74, 6) is 0. The van der Waals surface area contributed by atoms with Crippen molar-refractivity contribution in [2.24, 2.45) is 0 Å². The highest BCUT2D eigenvalue weighted by atomic mass is 32.1. The van der Waals surface area contributed by atoms with Crippen LogP contribution in [0.15, 0.2) is 35.7 Å². The summed E-state index contributed by atoms with van der Waals surface area (Å²) in [7, 11) is 0. The first-order valence-electron chi connectivity index (χ1n) is 6.94. The van der Waals surface area contributed by atoms with E-state index in [0.29, 0.717) is 0 Å². The number of hydrogen-bond acceptors (Lipinski definition) is 5. The van der Waals surface area contributed by atoms with Crippen molar-refractivity contribution in [2.75, 3.05) is 23.3 Å². The van der Waals surface area contributed by atoms with Gasteiger partial charge in [0.2, 0.25) is 0 Å². The van der Waals surface area contributed by atoms with Gasteiger partial charge in [-0.3, -0.25) is 10.1 Å². The fourth-order valence-corrected chi connectivity index (χ4v) is 2.89. The van der Waals surface area contributed by atoms with Gasteiger partial charge in [-0.2, -0.15) is 0 Å². The largest absolute Gasteiger partial charge is 0.385 e. The van der Waals surface area contributed by atoms with Crippen LogP contribution < -0.4 is 10.2 Å². The molecule has 5 nitrogen and oxygen atoms in total. The van der Waals surface area contributed by atoms with Crippen molar-refractivity contribution < 1.29 is 4.92 Å². The monoisotopic (exact) mass is 305 g/mol. The summed E-state index contributed by atoms with van der Waals surface area (Å²) in [5.41, 5.74) is 1.77. The Labute approximate surface area is 128 Å². The number of hydrogen-bond donors (Lipinski definition) is 1. The predicted molar refractivity (Wildman–Crippen MR) is 88.3 cm³/mol. The number of non-ortho nitro benzene ring substituents is 1. The first-order chi connectivity index (χ1) is 10.1. The van der Waals surface area contributed by atoms with E-state index in [9.17, 15) is 10.1 Å². The standard InChI is InChI=1S/C15H19N3O2S/c1-3-16-12-8-13(10-14(9-12)18(19)20)17(4-2)11-15-6-5-7-21-15/h5-10,16H,3-4,11H2,1-2H3. The number of nitrogens with zero attached hydrogens (tertiary/aromatic N) is 2. The third-order valence-electron chi connectivity index (χ3n) is 3.17. The number of thiophene rings is 1. The van der Waals surface area contributed by atoms with Gasteiger partial charge in [0.05, 0.1) is 11.5 Å². The molecular formula is C15H19N3O2S. The Bertz CT molecular complexity index is 599. The van der Waals surface area contributed by atoms with Gasteiger partial charge in [0.15, 0.2) is 0 Å². The minimum atomic E-state index is -0.344. The molecule has 2 rings (SSSR count). The van der Waals surface area contributed by atoms with E-state index in [1.54, 1.807) is 23.5 Å². The molecule has 0 spiro atoms. The van der Waals surface area contributed by atoms with Gasteiger partial charge < -0.3 is 10.2 Å². The van der Waals surface area contributed by atoms with Crippen LogP contribution in [0.25, 0.3) is 0 Å². The zero-order valence-electron chi connectivity index (χ0n) is 12.2. The molecule has 0 saturated carbocycles. The number of rotatable bonds is 7. The number of anilines is 2. The topological polar surface area (TPSA) is 58.4 Å². The number of nitrogens with one attached hydrogen (secondary N) is 1. The second-order valence-electron chi connectivity index (χ2n) is 4.62. The molecule has 0 unspecified atom stereocenters. The SMILES string of the molecule is CCNc1cc(N(CC)Cc2cccs2)cc([N+](=O)[O-])c1. The quantitative estimate of drug-likeness (QED) is 0.617. The summed E-state index contributed by atoms with van der Waals surface area (Å²) in [6.07, 6.45) is 0. The molecule has 0 fully saturated rings. The van der Waals surface area contributed by atoms with E-state index in [4.69, 9.17) is 0 Å². The first-order valence-corrected chi connectivity index (χ1v) is 7.82. The molecule has 112 valence electrons. The minimum Gasteiger partial charge on any atom is -0.385 e. The highest BCUT2D eigenvalue weighted by Crippen LogP contribution is 2.28. The van der Waals surface area contributed by atoms with E-state index in [1.807, 2.05) is 24.4 Å². The maximum absolute atomic E-state index is 11.1. The predicted octanol–water partition coefficient (Wildman–Crippen LogP) is 4.11. The van der Waals surface area contributed by atoms with Crippen LogP contribution in [0, 0.1) is 10.1 Å².